The highest BCUT2D eigenvalue weighted by molar-refractivity contribution is 5.88. The van der Waals surface area contributed by atoms with Crippen LogP contribution in [0.25, 0.3) is 0 Å². The van der Waals surface area contributed by atoms with Crippen LogP contribution in [0.4, 0.5) is 0 Å². The van der Waals surface area contributed by atoms with Crippen LogP contribution in [0.3, 0.4) is 0 Å². The van der Waals surface area contributed by atoms with E-state index in [1.165, 1.54) is 0 Å². The summed E-state index contributed by atoms with van der Waals surface area (Å²) >= 11 is 0. The predicted molar refractivity (Wildman–Crippen MR) is 142 cm³/mol. The Balaban J connectivity index is 1.94. The van der Waals surface area contributed by atoms with E-state index in [9.17, 15) is 9.59 Å². The van der Waals surface area contributed by atoms with Gasteiger partial charge in [-0.15, -0.1) is 0 Å². The number of carbonyl (C=O) groups is 2. The highest BCUT2D eigenvalue weighted by Gasteiger charge is 2.30. The maximum atomic E-state index is 13.8. The number of rotatable bonds is 13. The van der Waals surface area contributed by atoms with Crippen molar-refractivity contribution in [3.63, 3.8) is 0 Å². The van der Waals surface area contributed by atoms with E-state index in [1.807, 2.05) is 78.9 Å². The van der Waals surface area contributed by atoms with Gasteiger partial charge in [0.25, 0.3) is 0 Å². The molecule has 0 fully saturated rings. The van der Waals surface area contributed by atoms with Crippen LogP contribution in [0.1, 0.15) is 36.5 Å². The molecular weight excluding hydrogens is 452 g/mol. The highest BCUT2D eigenvalue weighted by atomic mass is 16.5. The molecule has 3 aromatic carbocycles. The predicted octanol–water partition coefficient (Wildman–Crippen LogP) is 4.80. The fraction of sp³-hybridized carbons (Fsp3) is 0.333. The van der Waals surface area contributed by atoms with Gasteiger partial charge in [-0.05, 0) is 47.4 Å². The van der Waals surface area contributed by atoms with Gasteiger partial charge >= 0.3 is 0 Å². The molecule has 6 heteroatoms. The van der Waals surface area contributed by atoms with Crippen molar-refractivity contribution in [1.29, 1.82) is 0 Å². The second-order valence-electron chi connectivity index (χ2n) is 8.75. The molecule has 0 unspecified atom stereocenters. The van der Waals surface area contributed by atoms with Crippen molar-refractivity contribution in [1.82, 2.24) is 10.2 Å². The molecule has 0 saturated heterocycles. The van der Waals surface area contributed by atoms with E-state index in [2.05, 4.69) is 12.2 Å². The Morgan fingerprint density at radius 2 is 1.53 bits per heavy atom. The molecule has 1 N–H and O–H groups in total. The molecule has 0 bridgehead atoms. The molecule has 36 heavy (non-hydrogen) atoms. The van der Waals surface area contributed by atoms with Crippen LogP contribution < -0.4 is 14.8 Å². The first-order chi connectivity index (χ1) is 17.5. The number of amides is 2. The van der Waals surface area contributed by atoms with Gasteiger partial charge in [0, 0.05) is 19.5 Å². The number of benzene rings is 3. The summed E-state index contributed by atoms with van der Waals surface area (Å²) in [6.45, 7) is 2.96. The van der Waals surface area contributed by atoms with Crippen LogP contribution >= 0.6 is 0 Å². The third-order valence-electron chi connectivity index (χ3n) is 6.10. The molecule has 3 aromatic rings. The maximum Gasteiger partial charge on any atom is 0.243 e. The number of nitrogens with zero attached hydrogens (tertiary/aromatic N) is 1. The van der Waals surface area contributed by atoms with E-state index in [-0.39, 0.29) is 18.2 Å². The Hall–Kier alpha value is -3.80. The Morgan fingerprint density at radius 1 is 0.833 bits per heavy atom. The van der Waals surface area contributed by atoms with Crippen molar-refractivity contribution in [3.05, 3.63) is 95.6 Å². The van der Waals surface area contributed by atoms with Crippen molar-refractivity contribution < 1.29 is 19.1 Å². The Bertz CT molecular complexity index is 1100. The standard InChI is InChI=1S/C30H36N2O4/c1-4-5-18-31-30(34)28(20-23-10-7-6-8-11-23)32(22-25-12-9-13-27(19-25)36-3)29(33)21-24-14-16-26(35-2)17-15-24/h6-17,19,28H,4-5,18,20-22H2,1-3H3,(H,31,34)/t28-/m0/s1. The van der Waals surface area contributed by atoms with Gasteiger partial charge in [-0.1, -0.05) is 67.9 Å². The molecule has 0 saturated carbocycles. The summed E-state index contributed by atoms with van der Waals surface area (Å²) in [5.41, 5.74) is 2.76. The van der Waals surface area contributed by atoms with Gasteiger partial charge in [-0.2, -0.15) is 0 Å². The van der Waals surface area contributed by atoms with Crippen molar-refractivity contribution in [2.24, 2.45) is 0 Å². The second kappa shape index (κ2) is 13.9. The van der Waals surface area contributed by atoms with Gasteiger partial charge in [-0.3, -0.25) is 9.59 Å². The topological polar surface area (TPSA) is 67.9 Å². The average Bonchev–Trinajstić information content (AvgIpc) is 2.91. The largest absolute Gasteiger partial charge is 0.497 e. The lowest BCUT2D eigenvalue weighted by Gasteiger charge is -2.32. The summed E-state index contributed by atoms with van der Waals surface area (Å²) in [6.07, 6.45) is 2.48. The fourth-order valence-corrected chi connectivity index (χ4v) is 4.05. The van der Waals surface area contributed by atoms with Crippen LogP contribution in [0.5, 0.6) is 11.5 Å². The molecule has 0 aliphatic carbocycles. The van der Waals surface area contributed by atoms with Gasteiger partial charge in [-0.25, -0.2) is 0 Å². The van der Waals surface area contributed by atoms with E-state index < -0.39 is 6.04 Å². The van der Waals surface area contributed by atoms with Gasteiger partial charge in [0.2, 0.25) is 11.8 Å². The van der Waals surface area contributed by atoms with Crippen LogP contribution in [-0.4, -0.2) is 43.5 Å². The zero-order valence-electron chi connectivity index (χ0n) is 21.4. The zero-order chi connectivity index (χ0) is 25.8. The molecule has 6 nitrogen and oxygen atoms in total. The molecule has 3 rings (SSSR count). The van der Waals surface area contributed by atoms with Crippen LogP contribution in [0.2, 0.25) is 0 Å². The van der Waals surface area contributed by atoms with E-state index >= 15 is 0 Å². The number of methoxy groups -OCH3 is 2. The lowest BCUT2D eigenvalue weighted by molar-refractivity contribution is -0.140. The van der Waals surface area contributed by atoms with E-state index in [0.29, 0.717) is 25.3 Å². The van der Waals surface area contributed by atoms with Gasteiger partial charge in [0.1, 0.15) is 17.5 Å². The van der Waals surface area contributed by atoms with Crippen LogP contribution in [0, 0.1) is 0 Å². The zero-order valence-corrected chi connectivity index (χ0v) is 21.4. The molecule has 0 aliphatic rings. The number of unbranched alkanes of at least 4 members (excludes halogenated alkanes) is 1. The van der Waals surface area contributed by atoms with Gasteiger partial charge in [0.15, 0.2) is 0 Å². The van der Waals surface area contributed by atoms with E-state index in [4.69, 9.17) is 9.47 Å². The summed E-state index contributed by atoms with van der Waals surface area (Å²) in [4.78, 5) is 28.9. The Morgan fingerprint density at radius 3 is 2.19 bits per heavy atom. The first-order valence-corrected chi connectivity index (χ1v) is 12.4. The minimum absolute atomic E-state index is 0.116. The summed E-state index contributed by atoms with van der Waals surface area (Å²) < 4.78 is 10.6. The lowest BCUT2D eigenvalue weighted by atomic mass is 10.0. The monoisotopic (exact) mass is 488 g/mol. The molecule has 2 amide bonds. The maximum absolute atomic E-state index is 13.8. The average molecular weight is 489 g/mol. The lowest BCUT2D eigenvalue weighted by Crippen LogP contribution is -2.51. The molecule has 0 aliphatic heterocycles. The number of ether oxygens (including phenoxy) is 2. The van der Waals surface area contributed by atoms with Crippen molar-refractivity contribution in [3.8, 4) is 11.5 Å². The minimum Gasteiger partial charge on any atom is -0.497 e. The summed E-state index contributed by atoms with van der Waals surface area (Å²) in [7, 11) is 3.23. The van der Waals surface area contributed by atoms with Crippen LogP contribution in [0.15, 0.2) is 78.9 Å². The third kappa shape index (κ3) is 7.87. The molecule has 0 heterocycles. The molecular formula is C30H36N2O4. The Kier molecular flexibility index (Phi) is 10.4. The number of carbonyl (C=O) groups excluding carboxylic acids is 2. The van der Waals surface area contributed by atoms with Crippen molar-refractivity contribution in [2.45, 2.75) is 45.2 Å². The summed E-state index contributed by atoms with van der Waals surface area (Å²) in [5.74, 6) is 1.19. The Labute approximate surface area is 214 Å². The van der Waals surface area contributed by atoms with Gasteiger partial charge < -0.3 is 19.7 Å². The number of nitrogens with one attached hydrogen (secondary N) is 1. The fourth-order valence-electron chi connectivity index (χ4n) is 4.05. The quantitative estimate of drug-likeness (QED) is 0.351. The normalized spacial score (nSPS) is 11.4. The minimum atomic E-state index is -0.652. The first kappa shape index (κ1) is 26.8. The first-order valence-electron chi connectivity index (χ1n) is 12.4. The van der Waals surface area contributed by atoms with Crippen LogP contribution in [-0.2, 0) is 29.0 Å². The van der Waals surface area contributed by atoms with Gasteiger partial charge in [0.05, 0.1) is 20.6 Å². The molecule has 0 aromatic heterocycles. The molecule has 1 atom stereocenters. The van der Waals surface area contributed by atoms with E-state index in [0.717, 1.165) is 35.3 Å². The van der Waals surface area contributed by atoms with Crippen molar-refractivity contribution >= 4 is 11.8 Å². The number of hydrogen-bond acceptors (Lipinski definition) is 4. The molecule has 190 valence electrons. The third-order valence-corrected chi connectivity index (χ3v) is 6.10. The van der Waals surface area contributed by atoms with E-state index in [1.54, 1.807) is 19.1 Å². The smallest absolute Gasteiger partial charge is 0.243 e. The molecule has 0 spiro atoms. The highest BCUT2D eigenvalue weighted by Crippen LogP contribution is 2.20. The van der Waals surface area contributed by atoms with Crippen molar-refractivity contribution in [2.75, 3.05) is 20.8 Å². The second-order valence-corrected chi connectivity index (χ2v) is 8.75. The summed E-state index contributed by atoms with van der Waals surface area (Å²) in [5, 5.41) is 3.05. The SMILES string of the molecule is CCCCNC(=O)[C@H](Cc1ccccc1)N(Cc1cccc(OC)c1)C(=O)Cc1ccc(OC)cc1. The number of hydrogen-bond donors (Lipinski definition) is 1. The summed E-state index contributed by atoms with van der Waals surface area (Å²) in [6, 6.07) is 24.2. The molecule has 0 radical (unpaired) electrons.